The second kappa shape index (κ2) is 5.36. The Labute approximate surface area is 114 Å². The zero-order chi connectivity index (χ0) is 13.1. The van der Waals surface area contributed by atoms with Gasteiger partial charge in [-0.25, -0.2) is 9.67 Å². The average molecular weight is 274 g/mol. The van der Waals surface area contributed by atoms with Gasteiger partial charge in [0, 0.05) is 18.0 Å². The molecule has 3 rings (SSSR count). The molecule has 0 amide bonds. The second-order valence-electron chi connectivity index (χ2n) is 4.39. The van der Waals surface area contributed by atoms with E-state index in [1.54, 1.807) is 23.8 Å². The molecule has 1 atom stereocenters. The Balaban J connectivity index is 1.65. The van der Waals surface area contributed by atoms with E-state index in [-0.39, 0.29) is 6.04 Å². The number of hydrogen-bond donors (Lipinski definition) is 0. The molecule has 3 heterocycles. The summed E-state index contributed by atoms with van der Waals surface area (Å²) in [6, 6.07) is 4.19. The molecule has 19 heavy (non-hydrogen) atoms. The molecule has 98 valence electrons. The first-order valence-electron chi connectivity index (χ1n) is 6.17. The predicted octanol–water partition coefficient (Wildman–Crippen LogP) is 3.19. The van der Waals surface area contributed by atoms with Crippen LogP contribution in [0, 0.1) is 0 Å². The van der Waals surface area contributed by atoms with Crippen LogP contribution in [0.2, 0.25) is 0 Å². The van der Waals surface area contributed by atoms with Crippen LogP contribution in [0.4, 0.5) is 0 Å². The Morgan fingerprint density at radius 1 is 1.47 bits per heavy atom. The van der Waals surface area contributed by atoms with Crippen LogP contribution in [0.25, 0.3) is 10.7 Å². The smallest absolute Gasteiger partial charge is 0.145 e. The van der Waals surface area contributed by atoms with Gasteiger partial charge >= 0.3 is 0 Å². The minimum atomic E-state index is 0.284. The van der Waals surface area contributed by atoms with Crippen LogP contribution in [0.15, 0.2) is 40.6 Å². The minimum Gasteiger partial charge on any atom is -0.469 e. The van der Waals surface area contributed by atoms with E-state index in [1.165, 1.54) is 0 Å². The van der Waals surface area contributed by atoms with Crippen molar-refractivity contribution in [2.45, 2.75) is 25.8 Å². The molecule has 0 N–H and O–H groups in total. The first kappa shape index (κ1) is 12.1. The molecule has 0 fully saturated rings. The lowest BCUT2D eigenvalue weighted by Crippen LogP contribution is -2.07. The molecule has 6 heteroatoms. The summed E-state index contributed by atoms with van der Waals surface area (Å²) in [5.41, 5.74) is 0.833. The largest absolute Gasteiger partial charge is 0.469 e. The Kier molecular flexibility index (Phi) is 3.41. The highest BCUT2D eigenvalue weighted by molar-refractivity contribution is 7.13. The Bertz CT molecular complexity index is 615. The minimum absolute atomic E-state index is 0.284. The third kappa shape index (κ3) is 2.73. The normalized spacial score (nSPS) is 12.7. The highest BCUT2D eigenvalue weighted by atomic mass is 32.1. The van der Waals surface area contributed by atoms with Crippen LogP contribution in [0.1, 0.15) is 25.1 Å². The van der Waals surface area contributed by atoms with Crippen molar-refractivity contribution >= 4 is 11.3 Å². The number of aromatic nitrogens is 4. The van der Waals surface area contributed by atoms with Crippen LogP contribution in [-0.2, 0) is 6.42 Å². The van der Waals surface area contributed by atoms with E-state index < -0.39 is 0 Å². The lowest BCUT2D eigenvalue weighted by Gasteiger charge is -2.09. The van der Waals surface area contributed by atoms with Gasteiger partial charge in [-0.15, -0.1) is 16.4 Å². The van der Waals surface area contributed by atoms with Crippen molar-refractivity contribution in [2.24, 2.45) is 0 Å². The van der Waals surface area contributed by atoms with E-state index in [9.17, 15) is 0 Å². The van der Waals surface area contributed by atoms with E-state index in [4.69, 9.17) is 4.42 Å². The Morgan fingerprint density at radius 2 is 2.42 bits per heavy atom. The maximum Gasteiger partial charge on any atom is 0.145 e. The molecular weight excluding hydrogens is 260 g/mol. The maximum atomic E-state index is 5.33. The second-order valence-corrected chi connectivity index (χ2v) is 5.28. The van der Waals surface area contributed by atoms with Gasteiger partial charge in [0.1, 0.15) is 16.5 Å². The number of aryl methyl sites for hydroxylation is 1. The van der Waals surface area contributed by atoms with Gasteiger partial charge in [-0.3, -0.25) is 0 Å². The highest BCUT2D eigenvalue weighted by Crippen LogP contribution is 2.21. The van der Waals surface area contributed by atoms with Crippen molar-refractivity contribution in [1.29, 1.82) is 0 Å². The molecule has 0 radical (unpaired) electrons. The van der Waals surface area contributed by atoms with Gasteiger partial charge in [0.15, 0.2) is 0 Å². The van der Waals surface area contributed by atoms with Crippen LogP contribution in [0.5, 0.6) is 0 Å². The number of furan rings is 1. The van der Waals surface area contributed by atoms with Gasteiger partial charge in [0.2, 0.25) is 0 Å². The fourth-order valence-corrected chi connectivity index (χ4v) is 2.46. The Morgan fingerprint density at radius 3 is 3.16 bits per heavy atom. The van der Waals surface area contributed by atoms with Crippen molar-refractivity contribution in [1.82, 2.24) is 20.0 Å². The molecule has 0 aliphatic heterocycles. The van der Waals surface area contributed by atoms with E-state index >= 15 is 0 Å². The molecule has 0 saturated heterocycles. The van der Waals surface area contributed by atoms with Crippen LogP contribution in [-0.4, -0.2) is 20.0 Å². The molecule has 0 spiro atoms. The van der Waals surface area contributed by atoms with Gasteiger partial charge in [0.25, 0.3) is 0 Å². The third-order valence-corrected chi connectivity index (χ3v) is 3.80. The van der Waals surface area contributed by atoms with Gasteiger partial charge in [-0.05, 0) is 25.5 Å². The zero-order valence-electron chi connectivity index (χ0n) is 10.6. The molecule has 0 unspecified atom stereocenters. The maximum absolute atomic E-state index is 5.33. The lowest BCUT2D eigenvalue weighted by molar-refractivity contribution is 0.420. The molecule has 3 aromatic rings. The SMILES string of the molecule is C[C@H](CCc1ccco1)n1cc(-c2nccs2)nn1. The van der Waals surface area contributed by atoms with E-state index in [0.717, 1.165) is 29.3 Å². The standard InChI is InChI=1S/C13H14N4OS/c1-10(4-5-11-3-2-7-18-11)17-9-12(15-16-17)13-14-6-8-19-13/h2-3,6-10H,4-5H2,1H3/t10-/m1/s1. The molecule has 0 aliphatic carbocycles. The quantitative estimate of drug-likeness (QED) is 0.717. The average Bonchev–Trinajstić information content (AvgIpc) is 3.14. The van der Waals surface area contributed by atoms with Gasteiger partial charge < -0.3 is 4.42 Å². The molecule has 0 aliphatic rings. The van der Waals surface area contributed by atoms with Gasteiger partial charge in [-0.1, -0.05) is 5.21 Å². The van der Waals surface area contributed by atoms with E-state index in [1.807, 2.05) is 28.4 Å². The van der Waals surface area contributed by atoms with Crippen LogP contribution >= 0.6 is 11.3 Å². The van der Waals surface area contributed by atoms with Gasteiger partial charge in [0.05, 0.1) is 18.5 Å². The number of thiazole rings is 1. The topological polar surface area (TPSA) is 56.7 Å². The first-order chi connectivity index (χ1) is 9.33. The van der Waals surface area contributed by atoms with Crippen molar-refractivity contribution in [3.8, 4) is 10.7 Å². The van der Waals surface area contributed by atoms with Crippen molar-refractivity contribution in [3.05, 3.63) is 41.9 Å². The van der Waals surface area contributed by atoms with E-state index in [0.29, 0.717) is 0 Å². The summed E-state index contributed by atoms with van der Waals surface area (Å²) in [6.07, 6.45) is 7.30. The van der Waals surface area contributed by atoms with Crippen LogP contribution in [0.3, 0.4) is 0 Å². The van der Waals surface area contributed by atoms with Crippen molar-refractivity contribution in [2.75, 3.05) is 0 Å². The zero-order valence-corrected chi connectivity index (χ0v) is 11.4. The van der Waals surface area contributed by atoms with Crippen molar-refractivity contribution < 1.29 is 4.42 Å². The van der Waals surface area contributed by atoms with Gasteiger partial charge in [-0.2, -0.15) is 0 Å². The summed E-state index contributed by atoms with van der Waals surface area (Å²) < 4.78 is 7.22. The van der Waals surface area contributed by atoms with Crippen LogP contribution < -0.4 is 0 Å². The molecule has 0 bridgehead atoms. The summed E-state index contributed by atoms with van der Waals surface area (Å²) in [5.74, 6) is 1.01. The number of nitrogens with zero attached hydrogens (tertiary/aromatic N) is 4. The monoisotopic (exact) mass is 274 g/mol. The number of rotatable bonds is 5. The molecule has 0 aromatic carbocycles. The van der Waals surface area contributed by atoms with E-state index in [2.05, 4.69) is 22.2 Å². The summed E-state index contributed by atoms with van der Waals surface area (Å²) in [7, 11) is 0. The molecule has 5 nitrogen and oxygen atoms in total. The third-order valence-electron chi connectivity index (χ3n) is 3.00. The fraction of sp³-hybridized carbons (Fsp3) is 0.308. The predicted molar refractivity (Wildman–Crippen MR) is 72.9 cm³/mol. The lowest BCUT2D eigenvalue weighted by atomic mass is 10.1. The Hall–Kier alpha value is -1.95. The summed E-state index contributed by atoms with van der Waals surface area (Å²) >= 11 is 1.57. The fourth-order valence-electron chi connectivity index (χ4n) is 1.88. The highest BCUT2D eigenvalue weighted by Gasteiger charge is 2.11. The van der Waals surface area contributed by atoms with Crippen molar-refractivity contribution in [3.63, 3.8) is 0 Å². The molecular formula is C13H14N4OS. The molecule has 3 aromatic heterocycles. The summed E-state index contributed by atoms with van der Waals surface area (Å²) in [4.78, 5) is 4.23. The number of hydrogen-bond acceptors (Lipinski definition) is 5. The molecule has 0 saturated carbocycles. The first-order valence-corrected chi connectivity index (χ1v) is 7.05. The summed E-state index contributed by atoms with van der Waals surface area (Å²) in [5, 5.41) is 11.2. The summed E-state index contributed by atoms with van der Waals surface area (Å²) in [6.45, 7) is 2.13.